The largest absolute Gasteiger partial charge is 0.573 e. The predicted molar refractivity (Wildman–Crippen MR) is 49.6 cm³/mol. The zero-order chi connectivity index (χ0) is 13.1. The lowest BCUT2D eigenvalue weighted by molar-refractivity contribution is -0.275. The highest BCUT2D eigenvalue weighted by Crippen LogP contribution is 2.24. The maximum Gasteiger partial charge on any atom is 0.573 e. The summed E-state index contributed by atoms with van der Waals surface area (Å²) in [6.45, 7) is 0. The molecule has 0 bridgehead atoms. The summed E-state index contributed by atoms with van der Waals surface area (Å²) < 4.78 is 44.3. The molecule has 1 N–H and O–H groups in total. The lowest BCUT2D eigenvalue weighted by Gasteiger charge is -2.11. The summed E-state index contributed by atoms with van der Waals surface area (Å²) in [6.07, 6.45) is -5.39. The summed E-state index contributed by atoms with van der Waals surface area (Å²) in [7, 11) is 1.23. The number of alkyl halides is 3. The number of nitrogens with one attached hydrogen (secondary N) is 1. The number of aromatic nitrogens is 1. The number of nitriles is 1. The number of nitrogens with zero attached hydrogens (tertiary/aromatic N) is 1. The highest BCUT2D eigenvalue weighted by Gasteiger charge is 2.33. The van der Waals surface area contributed by atoms with E-state index in [0.29, 0.717) is 0 Å². The number of rotatable bonds is 3. The average molecular weight is 248 g/mol. The lowest BCUT2D eigenvalue weighted by Crippen LogP contribution is -2.24. The molecule has 1 aromatic rings. The van der Waals surface area contributed by atoms with Crippen LogP contribution >= 0.6 is 0 Å². The Kier molecular flexibility index (Phi) is 3.62. The molecule has 0 aromatic carbocycles. The number of pyridine rings is 1. The van der Waals surface area contributed by atoms with Crippen LogP contribution in [0.3, 0.4) is 0 Å². The van der Waals surface area contributed by atoms with Gasteiger partial charge < -0.3 is 9.47 Å². The van der Waals surface area contributed by atoms with Gasteiger partial charge in [-0.25, -0.2) is 0 Å². The van der Waals surface area contributed by atoms with Crippen molar-refractivity contribution in [2.75, 3.05) is 7.11 Å². The van der Waals surface area contributed by atoms with Gasteiger partial charge in [-0.2, -0.15) is 5.26 Å². The third-order valence-corrected chi connectivity index (χ3v) is 1.75. The summed E-state index contributed by atoms with van der Waals surface area (Å²) >= 11 is 0. The third kappa shape index (κ3) is 3.41. The van der Waals surface area contributed by atoms with Gasteiger partial charge >= 0.3 is 6.36 Å². The molecule has 0 atom stereocenters. The van der Waals surface area contributed by atoms with Crippen molar-refractivity contribution in [1.29, 1.82) is 5.26 Å². The molecule has 0 aliphatic rings. The van der Waals surface area contributed by atoms with Gasteiger partial charge in [0.05, 0.1) is 19.6 Å². The van der Waals surface area contributed by atoms with E-state index < -0.39 is 24.1 Å². The Morgan fingerprint density at radius 2 is 2.18 bits per heavy atom. The van der Waals surface area contributed by atoms with Gasteiger partial charge in [-0.05, 0) is 0 Å². The van der Waals surface area contributed by atoms with E-state index in [9.17, 15) is 18.0 Å². The van der Waals surface area contributed by atoms with Crippen molar-refractivity contribution in [3.05, 3.63) is 22.0 Å². The Morgan fingerprint density at radius 1 is 1.53 bits per heavy atom. The van der Waals surface area contributed by atoms with E-state index in [2.05, 4.69) is 9.47 Å². The first-order chi connectivity index (χ1) is 7.87. The standard InChI is InChI=1S/C9H7F3N2O3/c1-16-6-4-5(2-3-13)7(8(15)14-6)17-9(10,11)12/h4H,2H2,1H3,(H,14,15). The van der Waals surface area contributed by atoms with E-state index in [1.807, 2.05) is 4.98 Å². The molecule has 0 spiro atoms. The summed E-state index contributed by atoms with van der Waals surface area (Å²) in [6, 6.07) is 2.74. The highest BCUT2D eigenvalue weighted by atomic mass is 19.4. The minimum Gasteiger partial charge on any atom is -0.482 e. The number of aromatic amines is 1. The molecule has 1 rings (SSSR count). The van der Waals surface area contributed by atoms with Crippen LogP contribution < -0.4 is 15.0 Å². The number of halogens is 3. The summed E-state index contributed by atoms with van der Waals surface area (Å²) in [5.74, 6) is -0.991. The van der Waals surface area contributed by atoms with Crippen LogP contribution in [0.5, 0.6) is 11.6 Å². The van der Waals surface area contributed by atoms with Crippen LogP contribution in [0.4, 0.5) is 13.2 Å². The van der Waals surface area contributed by atoms with Crippen molar-refractivity contribution < 1.29 is 22.6 Å². The van der Waals surface area contributed by atoms with Gasteiger partial charge in [0.15, 0.2) is 11.6 Å². The molecule has 0 radical (unpaired) electrons. The Labute approximate surface area is 93.4 Å². The Morgan fingerprint density at radius 3 is 2.65 bits per heavy atom. The van der Waals surface area contributed by atoms with Gasteiger partial charge in [-0.1, -0.05) is 0 Å². The number of hydrogen-bond acceptors (Lipinski definition) is 4. The highest BCUT2D eigenvalue weighted by molar-refractivity contribution is 5.36. The van der Waals surface area contributed by atoms with Crippen LogP contribution in [0.2, 0.25) is 0 Å². The summed E-state index contributed by atoms with van der Waals surface area (Å²) in [5.41, 5.74) is -1.29. The monoisotopic (exact) mass is 248 g/mol. The molecule has 0 aliphatic carbocycles. The van der Waals surface area contributed by atoms with E-state index in [-0.39, 0.29) is 11.4 Å². The second kappa shape index (κ2) is 4.78. The topological polar surface area (TPSA) is 75.1 Å². The van der Waals surface area contributed by atoms with Gasteiger partial charge in [0.25, 0.3) is 5.56 Å². The van der Waals surface area contributed by atoms with Crippen LogP contribution in [0.15, 0.2) is 10.9 Å². The van der Waals surface area contributed by atoms with Gasteiger partial charge in [0.1, 0.15) is 0 Å². The molecule has 1 heterocycles. The summed E-state index contributed by atoms with van der Waals surface area (Å²) in [4.78, 5) is 13.3. The summed E-state index contributed by atoms with van der Waals surface area (Å²) in [5, 5.41) is 8.46. The SMILES string of the molecule is COc1cc(CC#N)c(OC(F)(F)F)c(=O)[nH]1. The first kappa shape index (κ1) is 12.9. The Hall–Kier alpha value is -2.17. The molecule has 0 saturated carbocycles. The van der Waals surface area contributed by atoms with Crippen molar-refractivity contribution in [2.45, 2.75) is 12.8 Å². The zero-order valence-electron chi connectivity index (χ0n) is 8.59. The maximum absolute atomic E-state index is 12.0. The minimum atomic E-state index is -4.99. The molecule has 0 amide bonds. The van der Waals surface area contributed by atoms with E-state index in [0.717, 1.165) is 6.07 Å². The molecule has 0 saturated heterocycles. The van der Waals surface area contributed by atoms with Crippen LogP contribution in [0.1, 0.15) is 5.56 Å². The Balaban J connectivity index is 3.27. The van der Waals surface area contributed by atoms with Crippen LogP contribution in [-0.4, -0.2) is 18.5 Å². The smallest absolute Gasteiger partial charge is 0.482 e. The first-order valence-corrected chi connectivity index (χ1v) is 4.30. The van der Waals surface area contributed by atoms with E-state index in [1.54, 1.807) is 6.07 Å². The molecule has 5 nitrogen and oxygen atoms in total. The molecule has 8 heteroatoms. The van der Waals surface area contributed by atoms with Crippen molar-refractivity contribution in [1.82, 2.24) is 4.98 Å². The van der Waals surface area contributed by atoms with E-state index in [1.165, 1.54) is 7.11 Å². The zero-order valence-corrected chi connectivity index (χ0v) is 8.59. The second-order valence-electron chi connectivity index (χ2n) is 2.90. The number of H-pyrrole nitrogens is 1. The number of hydrogen-bond donors (Lipinski definition) is 1. The maximum atomic E-state index is 12.0. The molecule has 17 heavy (non-hydrogen) atoms. The van der Waals surface area contributed by atoms with Gasteiger partial charge in [0, 0.05) is 11.6 Å². The number of ether oxygens (including phenoxy) is 2. The van der Waals surface area contributed by atoms with Crippen LogP contribution in [-0.2, 0) is 6.42 Å². The second-order valence-corrected chi connectivity index (χ2v) is 2.90. The van der Waals surface area contributed by atoms with Crippen molar-refractivity contribution >= 4 is 0 Å². The van der Waals surface area contributed by atoms with Gasteiger partial charge in [0.2, 0.25) is 0 Å². The molecular formula is C9H7F3N2O3. The molecule has 0 fully saturated rings. The molecule has 92 valence electrons. The molecule has 0 aliphatic heterocycles. The molecule has 1 aromatic heterocycles. The molecule has 0 unspecified atom stereocenters. The average Bonchev–Trinajstić information content (AvgIpc) is 2.21. The van der Waals surface area contributed by atoms with Crippen molar-refractivity contribution in [3.8, 4) is 17.7 Å². The third-order valence-electron chi connectivity index (χ3n) is 1.75. The van der Waals surface area contributed by atoms with Crippen molar-refractivity contribution in [3.63, 3.8) is 0 Å². The first-order valence-electron chi connectivity index (χ1n) is 4.30. The molecular weight excluding hydrogens is 241 g/mol. The normalized spacial score (nSPS) is 10.8. The quantitative estimate of drug-likeness (QED) is 0.875. The van der Waals surface area contributed by atoms with E-state index >= 15 is 0 Å². The van der Waals surface area contributed by atoms with Crippen LogP contribution in [0.25, 0.3) is 0 Å². The van der Waals surface area contributed by atoms with Gasteiger partial charge in [-0.3, -0.25) is 9.78 Å². The Bertz CT molecular complexity index is 502. The number of methoxy groups -OCH3 is 1. The lowest BCUT2D eigenvalue weighted by atomic mass is 10.2. The van der Waals surface area contributed by atoms with E-state index in [4.69, 9.17) is 5.26 Å². The fraction of sp³-hybridized carbons (Fsp3) is 0.333. The van der Waals surface area contributed by atoms with Crippen molar-refractivity contribution in [2.24, 2.45) is 0 Å². The fourth-order valence-electron chi connectivity index (χ4n) is 1.13. The minimum absolute atomic E-state index is 0.0465. The van der Waals surface area contributed by atoms with Gasteiger partial charge in [-0.15, -0.1) is 13.2 Å². The fourth-order valence-corrected chi connectivity index (χ4v) is 1.13. The predicted octanol–water partition coefficient (Wildman–Crippen LogP) is 1.35. The van der Waals surface area contributed by atoms with Crippen LogP contribution in [0, 0.1) is 11.3 Å².